The second-order valence-electron chi connectivity index (χ2n) is 3.66. The van der Waals surface area contributed by atoms with Gasteiger partial charge in [0.15, 0.2) is 0 Å². The van der Waals surface area contributed by atoms with Crippen molar-refractivity contribution in [2.24, 2.45) is 0 Å². The summed E-state index contributed by atoms with van der Waals surface area (Å²) in [6, 6.07) is 4.83. The maximum Gasteiger partial charge on any atom is 0.253 e. The fourth-order valence-electron chi connectivity index (χ4n) is 1.49. The number of nitrogens with two attached hydrogens (primary N) is 1. The van der Waals surface area contributed by atoms with Crippen molar-refractivity contribution in [1.82, 2.24) is 10.3 Å². The highest BCUT2D eigenvalue weighted by Gasteiger charge is 2.09. The van der Waals surface area contributed by atoms with Gasteiger partial charge in [0.1, 0.15) is 0 Å². The van der Waals surface area contributed by atoms with E-state index < -0.39 is 0 Å². The van der Waals surface area contributed by atoms with Crippen LogP contribution in [-0.2, 0) is 6.42 Å². The van der Waals surface area contributed by atoms with Gasteiger partial charge in [-0.15, -0.1) is 11.3 Å². The molecule has 0 aliphatic rings. The highest BCUT2D eigenvalue weighted by atomic mass is 35.5. The molecule has 4 nitrogen and oxygen atoms in total. The average molecular weight is 282 g/mol. The molecule has 94 valence electrons. The summed E-state index contributed by atoms with van der Waals surface area (Å²) in [5, 5.41) is 6.23. The zero-order chi connectivity index (χ0) is 13.0. The van der Waals surface area contributed by atoms with E-state index in [1.807, 2.05) is 5.38 Å². The van der Waals surface area contributed by atoms with Crippen LogP contribution < -0.4 is 11.1 Å². The Hall–Kier alpha value is -1.59. The van der Waals surface area contributed by atoms with Crippen LogP contribution in [0.1, 0.15) is 15.4 Å². The van der Waals surface area contributed by atoms with E-state index in [1.165, 1.54) is 0 Å². The molecular formula is C12H12ClN3OS. The average Bonchev–Trinajstić information content (AvgIpc) is 2.81. The number of carbonyl (C=O) groups is 1. The van der Waals surface area contributed by atoms with Crippen LogP contribution in [0.25, 0.3) is 0 Å². The van der Waals surface area contributed by atoms with Crippen LogP contribution in [0.3, 0.4) is 0 Å². The fourth-order valence-corrected chi connectivity index (χ4v) is 2.30. The van der Waals surface area contributed by atoms with Crippen molar-refractivity contribution in [3.05, 3.63) is 45.4 Å². The monoisotopic (exact) mass is 281 g/mol. The Morgan fingerprint density at radius 3 is 3.00 bits per heavy atom. The first kappa shape index (κ1) is 12.9. The molecule has 0 aliphatic carbocycles. The molecule has 0 unspecified atom stereocenters. The molecule has 0 atom stereocenters. The summed E-state index contributed by atoms with van der Waals surface area (Å²) in [5.74, 6) is -0.194. The first-order valence-corrected chi connectivity index (χ1v) is 6.64. The number of thiazole rings is 1. The van der Waals surface area contributed by atoms with Gasteiger partial charge in [0.25, 0.3) is 5.91 Å². The van der Waals surface area contributed by atoms with E-state index >= 15 is 0 Å². The smallest absolute Gasteiger partial charge is 0.253 e. The summed E-state index contributed by atoms with van der Waals surface area (Å²) in [6.07, 6.45) is 2.47. The normalized spacial score (nSPS) is 10.3. The summed E-state index contributed by atoms with van der Waals surface area (Å²) in [7, 11) is 0. The molecule has 0 spiro atoms. The number of anilines is 1. The van der Waals surface area contributed by atoms with E-state index in [0.29, 0.717) is 22.8 Å². The third-order valence-electron chi connectivity index (χ3n) is 2.37. The molecular weight excluding hydrogens is 270 g/mol. The third kappa shape index (κ3) is 3.21. The number of halogens is 1. The minimum absolute atomic E-state index is 0.194. The van der Waals surface area contributed by atoms with Crippen molar-refractivity contribution in [1.29, 1.82) is 0 Å². The Balaban J connectivity index is 1.91. The predicted octanol–water partition coefficient (Wildman–Crippen LogP) is 2.35. The molecule has 0 saturated heterocycles. The Morgan fingerprint density at radius 2 is 2.33 bits per heavy atom. The minimum atomic E-state index is -0.194. The Kier molecular flexibility index (Phi) is 4.17. The second kappa shape index (κ2) is 5.84. The number of amides is 1. The fraction of sp³-hybridized carbons (Fsp3) is 0.167. The molecule has 0 saturated carbocycles. The standard InChI is InChI=1S/C12H12ClN3OS/c13-8-1-2-9(10(14)7-8)12(17)16-4-3-11-15-5-6-18-11/h1-2,5-7H,3-4,14H2,(H,16,17). The Bertz CT molecular complexity index is 542. The lowest BCUT2D eigenvalue weighted by molar-refractivity contribution is 0.0955. The van der Waals surface area contributed by atoms with Gasteiger partial charge < -0.3 is 11.1 Å². The number of hydrogen-bond donors (Lipinski definition) is 2. The van der Waals surface area contributed by atoms with E-state index in [1.54, 1.807) is 35.7 Å². The first-order valence-electron chi connectivity index (χ1n) is 5.38. The number of nitrogen functional groups attached to an aromatic ring is 1. The molecule has 0 bridgehead atoms. The third-order valence-corrected chi connectivity index (χ3v) is 3.44. The summed E-state index contributed by atoms with van der Waals surface area (Å²) in [4.78, 5) is 16.0. The molecule has 0 radical (unpaired) electrons. The van der Waals surface area contributed by atoms with Gasteiger partial charge in [-0.25, -0.2) is 4.98 Å². The van der Waals surface area contributed by atoms with Gasteiger partial charge in [-0.1, -0.05) is 11.6 Å². The molecule has 2 aromatic rings. The van der Waals surface area contributed by atoms with E-state index in [9.17, 15) is 4.79 Å². The van der Waals surface area contributed by atoms with E-state index in [4.69, 9.17) is 17.3 Å². The highest BCUT2D eigenvalue weighted by Crippen LogP contribution is 2.17. The minimum Gasteiger partial charge on any atom is -0.398 e. The van der Waals surface area contributed by atoms with Crippen molar-refractivity contribution in [3.8, 4) is 0 Å². The molecule has 2 rings (SSSR count). The zero-order valence-electron chi connectivity index (χ0n) is 9.52. The van der Waals surface area contributed by atoms with Crippen molar-refractivity contribution in [2.45, 2.75) is 6.42 Å². The molecule has 1 amide bonds. The second-order valence-corrected chi connectivity index (χ2v) is 5.08. The van der Waals surface area contributed by atoms with Crippen molar-refractivity contribution in [3.63, 3.8) is 0 Å². The van der Waals surface area contributed by atoms with Crippen molar-refractivity contribution < 1.29 is 4.79 Å². The van der Waals surface area contributed by atoms with Crippen LogP contribution in [0.5, 0.6) is 0 Å². The van der Waals surface area contributed by atoms with Gasteiger partial charge in [0.05, 0.1) is 10.6 Å². The van der Waals surface area contributed by atoms with E-state index in [2.05, 4.69) is 10.3 Å². The highest BCUT2D eigenvalue weighted by molar-refractivity contribution is 7.09. The summed E-state index contributed by atoms with van der Waals surface area (Å²) in [5.41, 5.74) is 6.56. The van der Waals surface area contributed by atoms with Crippen LogP contribution in [-0.4, -0.2) is 17.4 Å². The summed E-state index contributed by atoms with van der Waals surface area (Å²) >= 11 is 7.35. The molecule has 18 heavy (non-hydrogen) atoms. The Labute approximate surface area is 114 Å². The molecule has 0 aliphatic heterocycles. The van der Waals surface area contributed by atoms with Crippen LogP contribution in [0, 0.1) is 0 Å². The largest absolute Gasteiger partial charge is 0.398 e. The molecule has 3 N–H and O–H groups in total. The number of nitrogens with zero attached hydrogens (tertiary/aromatic N) is 1. The summed E-state index contributed by atoms with van der Waals surface area (Å²) < 4.78 is 0. The summed E-state index contributed by atoms with van der Waals surface area (Å²) in [6.45, 7) is 0.536. The molecule has 0 fully saturated rings. The molecule has 1 heterocycles. The van der Waals surface area contributed by atoms with E-state index in [-0.39, 0.29) is 5.91 Å². The number of rotatable bonds is 4. The van der Waals surface area contributed by atoms with E-state index in [0.717, 1.165) is 11.4 Å². The maximum atomic E-state index is 11.9. The quantitative estimate of drug-likeness (QED) is 0.846. The van der Waals surface area contributed by atoms with Crippen LogP contribution in [0.15, 0.2) is 29.8 Å². The molecule has 1 aromatic heterocycles. The number of hydrogen-bond acceptors (Lipinski definition) is 4. The van der Waals surface area contributed by atoms with Gasteiger partial charge in [-0.2, -0.15) is 0 Å². The van der Waals surface area contributed by atoms with Crippen molar-refractivity contribution in [2.75, 3.05) is 12.3 Å². The lowest BCUT2D eigenvalue weighted by Gasteiger charge is -2.06. The van der Waals surface area contributed by atoms with Crippen LogP contribution in [0.2, 0.25) is 5.02 Å². The van der Waals surface area contributed by atoms with Gasteiger partial charge in [0, 0.05) is 35.3 Å². The van der Waals surface area contributed by atoms with Gasteiger partial charge >= 0.3 is 0 Å². The topological polar surface area (TPSA) is 68.0 Å². The van der Waals surface area contributed by atoms with Crippen LogP contribution >= 0.6 is 22.9 Å². The van der Waals surface area contributed by atoms with Gasteiger partial charge in [-0.3, -0.25) is 4.79 Å². The zero-order valence-corrected chi connectivity index (χ0v) is 11.1. The lowest BCUT2D eigenvalue weighted by Crippen LogP contribution is -2.26. The molecule has 6 heteroatoms. The predicted molar refractivity (Wildman–Crippen MR) is 74.0 cm³/mol. The molecule has 1 aromatic carbocycles. The van der Waals surface area contributed by atoms with Crippen molar-refractivity contribution >= 4 is 34.5 Å². The number of nitrogens with one attached hydrogen (secondary N) is 1. The SMILES string of the molecule is Nc1cc(Cl)ccc1C(=O)NCCc1nccs1. The Morgan fingerprint density at radius 1 is 1.50 bits per heavy atom. The van der Waals surface area contributed by atoms with Gasteiger partial charge in [-0.05, 0) is 18.2 Å². The lowest BCUT2D eigenvalue weighted by atomic mass is 10.1. The number of aromatic nitrogens is 1. The maximum absolute atomic E-state index is 11.9. The number of benzene rings is 1. The van der Waals surface area contributed by atoms with Crippen LogP contribution in [0.4, 0.5) is 5.69 Å². The first-order chi connectivity index (χ1) is 8.66. The van der Waals surface area contributed by atoms with Gasteiger partial charge in [0.2, 0.25) is 0 Å². The number of carbonyl (C=O) groups excluding carboxylic acids is 1.